The van der Waals surface area contributed by atoms with E-state index in [0.29, 0.717) is 12.0 Å². The fourth-order valence-electron chi connectivity index (χ4n) is 2.77. The van der Waals surface area contributed by atoms with Crippen molar-refractivity contribution in [2.24, 2.45) is 5.92 Å². The Labute approximate surface area is 113 Å². The molecule has 0 heterocycles. The summed E-state index contributed by atoms with van der Waals surface area (Å²) in [6.45, 7) is 6.50. The van der Waals surface area contributed by atoms with E-state index in [-0.39, 0.29) is 5.60 Å². The molecule has 0 spiro atoms. The number of nitrogens with one attached hydrogen (secondary N) is 1. The first-order valence-corrected chi connectivity index (χ1v) is 7.45. The molecule has 1 aliphatic carbocycles. The van der Waals surface area contributed by atoms with Crippen molar-refractivity contribution in [3.8, 4) is 0 Å². The predicted molar refractivity (Wildman–Crippen MR) is 75.9 cm³/mol. The van der Waals surface area contributed by atoms with Gasteiger partial charge >= 0.3 is 0 Å². The highest BCUT2D eigenvalue weighted by molar-refractivity contribution is 4.94. The fraction of sp³-hybridized carbons (Fsp3) is 1.00. The minimum absolute atomic E-state index is 0.159. The first-order valence-electron chi connectivity index (χ1n) is 7.45. The molecule has 3 nitrogen and oxygen atoms in total. The van der Waals surface area contributed by atoms with Crippen molar-refractivity contribution >= 4 is 0 Å². The quantitative estimate of drug-likeness (QED) is 0.652. The van der Waals surface area contributed by atoms with Gasteiger partial charge in [-0.1, -0.05) is 13.8 Å². The molecule has 0 bridgehead atoms. The molecule has 2 atom stereocenters. The van der Waals surface area contributed by atoms with Crippen LogP contribution in [0.2, 0.25) is 0 Å². The lowest BCUT2D eigenvalue weighted by Crippen LogP contribution is -2.48. The molecule has 0 saturated heterocycles. The number of methoxy groups -OCH3 is 2. The van der Waals surface area contributed by atoms with Gasteiger partial charge < -0.3 is 14.8 Å². The van der Waals surface area contributed by atoms with Crippen molar-refractivity contribution < 1.29 is 9.47 Å². The monoisotopic (exact) mass is 257 g/mol. The number of ether oxygens (including phenoxy) is 2. The fourth-order valence-corrected chi connectivity index (χ4v) is 2.77. The number of rotatable bonds is 10. The molecule has 3 heteroatoms. The lowest BCUT2D eigenvalue weighted by molar-refractivity contribution is -0.0870. The topological polar surface area (TPSA) is 30.5 Å². The molecule has 0 aromatic rings. The van der Waals surface area contributed by atoms with Gasteiger partial charge in [0.25, 0.3) is 0 Å². The molecule has 0 amide bonds. The van der Waals surface area contributed by atoms with Gasteiger partial charge in [-0.05, 0) is 51.0 Å². The van der Waals surface area contributed by atoms with Crippen LogP contribution in [0.1, 0.15) is 52.4 Å². The molecule has 0 aromatic heterocycles. The van der Waals surface area contributed by atoms with E-state index in [2.05, 4.69) is 19.2 Å². The van der Waals surface area contributed by atoms with Gasteiger partial charge in [-0.2, -0.15) is 0 Å². The molecule has 1 saturated carbocycles. The molecule has 1 aliphatic rings. The number of hydrogen-bond donors (Lipinski definition) is 1. The molecule has 0 aliphatic heterocycles. The second-order valence-corrected chi connectivity index (χ2v) is 5.76. The molecule has 1 fully saturated rings. The Kier molecular flexibility index (Phi) is 7.20. The average Bonchev–Trinajstić information content (AvgIpc) is 2.34. The highest BCUT2D eigenvalue weighted by atomic mass is 16.5. The lowest BCUT2D eigenvalue weighted by atomic mass is 9.73. The summed E-state index contributed by atoms with van der Waals surface area (Å²) in [6.07, 6.45) is 7.23. The van der Waals surface area contributed by atoms with Crippen LogP contribution in [0.15, 0.2) is 0 Å². The van der Waals surface area contributed by atoms with Gasteiger partial charge in [-0.3, -0.25) is 0 Å². The Morgan fingerprint density at radius 3 is 2.44 bits per heavy atom. The maximum Gasteiger partial charge on any atom is 0.0693 e. The second-order valence-electron chi connectivity index (χ2n) is 5.76. The lowest BCUT2D eigenvalue weighted by Gasteiger charge is -2.44. The van der Waals surface area contributed by atoms with Crippen LogP contribution in [-0.2, 0) is 9.47 Å². The van der Waals surface area contributed by atoms with Crippen LogP contribution >= 0.6 is 0 Å². The van der Waals surface area contributed by atoms with Crippen LogP contribution in [-0.4, -0.2) is 39.0 Å². The van der Waals surface area contributed by atoms with E-state index < -0.39 is 0 Å². The van der Waals surface area contributed by atoms with E-state index in [1.54, 1.807) is 7.11 Å². The molecular weight excluding hydrogens is 226 g/mol. The SMILES string of the molecule is CCCNC(CC1(OC)CCC1)C(C)CCOC. The van der Waals surface area contributed by atoms with E-state index in [4.69, 9.17) is 9.47 Å². The van der Waals surface area contributed by atoms with E-state index in [0.717, 1.165) is 26.0 Å². The molecule has 0 radical (unpaired) electrons. The molecule has 1 rings (SSSR count). The van der Waals surface area contributed by atoms with E-state index >= 15 is 0 Å². The Hall–Kier alpha value is -0.120. The van der Waals surface area contributed by atoms with Gasteiger partial charge in [-0.15, -0.1) is 0 Å². The minimum Gasteiger partial charge on any atom is -0.385 e. The first kappa shape index (κ1) is 15.9. The summed E-state index contributed by atoms with van der Waals surface area (Å²) < 4.78 is 11.0. The molecule has 18 heavy (non-hydrogen) atoms. The summed E-state index contributed by atoms with van der Waals surface area (Å²) in [5.41, 5.74) is 0.159. The largest absolute Gasteiger partial charge is 0.385 e. The van der Waals surface area contributed by atoms with Crippen LogP contribution in [0.25, 0.3) is 0 Å². The van der Waals surface area contributed by atoms with Gasteiger partial charge in [0.2, 0.25) is 0 Å². The molecule has 1 N–H and O–H groups in total. The van der Waals surface area contributed by atoms with Crippen molar-refractivity contribution in [3.05, 3.63) is 0 Å². The maximum atomic E-state index is 5.77. The molecule has 2 unspecified atom stereocenters. The molecule has 108 valence electrons. The predicted octanol–water partition coefficient (Wildman–Crippen LogP) is 2.99. The maximum absolute atomic E-state index is 5.77. The second kappa shape index (κ2) is 8.13. The highest BCUT2D eigenvalue weighted by Crippen LogP contribution is 2.40. The van der Waals surface area contributed by atoms with Crippen LogP contribution in [0.4, 0.5) is 0 Å². The average molecular weight is 257 g/mol. The summed E-state index contributed by atoms with van der Waals surface area (Å²) in [6, 6.07) is 0.556. The summed E-state index contributed by atoms with van der Waals surface area (Å²) >= 11 is 0. The highest BCUT2D eigenvalue weighted by Gasteiger charge is 2.39. The third-order valence-electron chi connectivity index (χ3n) is 4.41. The Morgan fingerprint density at radius 1 is 1.28 bits per heavy atom. The first-order chi connectivity index (χ1) is 8.67. The van der Waals surface area contributed by atoms with Crippen LogP contribution < -0.4 is 5.32 Å². The normalized spacial score (nSPS) is 21.3. The molecular formula is C15H31NO2. The van der Waals surface area contributed by atoms with Crippen LogP contribution in [0.3, 0.4) is 0 Å². The minimum atomic E-state index is 0.159. The molecule has 0 aromatic carbocycles. The Morgan fingerprint density at radius 2 is 2.00 bits per heavy atom. The van der Waals surface area contributed by atoms with Gasteiger partial charge in [-0.25, -0.2) is 0 Å². The summed E-state index contributed by atoms with van der Waals surface area (Å²) in [5.74, 6) is 0.643. The third-order valence-corrected chi connectivity index (χ3v) is 4.41. The van der Waals surface area contributed by atoms with E-state index in [9.17, 15) is 0 Å². The van der Waals surface area contributed by atoms with Gasteiger partial charge in [0.1, 0.15) is 0 Å². The Balaban J connectivity index is 2.48. The zero-order chi connectivity index (χ0) is 13.4. The van der Waals surface area contributed by atoms with Crippen molar-refractivity contribution in [2.75, 3.05) is 27.4 Å². The number of hydrogen-bond acceptors (Lipinski definition) is 3. The Bertz CT molecular complexity index is 211. The van der Waals surface area contributed by atoms with E-state index in [1.807, 2.05) is 7.11 Å². The van der Waals surface area contributed by atoms with Crippen LogP contribution in [0, 0.1) is 5.92 Å². The van der Waals surface area contributed by atoms with Gasteiger partial charge in [0.05, 0.1) is 5.60 Å². The van der Waals surface area contributed by atoms with Crippen molar-refractivity contribution in [2.45, 2.75) is 64.0 Å². The summed E-state index contributed by atoms with van der Waals surface area (Å²) in [4.78, 5) is 0. The summed E-state index contributed by atoms with van der Waals surface area (Å²) in [5, 5.41) is 3.70. The van der Waals surface area contributed by atoms with Gasteiger partial charge in [0, 0.05) is 26.9 Å². The van der Waals surface area contributed by atoms with E-state index in [1.165, 1.54) is 25.7 Å². The van der Waals surface area contributed by atoms with Crippen molar-refractivity contribution in [1.29, 1.82) is 0 Å². The zero-order valence-corrected chi connectivity index (χ0v) is 12.6. The van der Waals surface area contributed by atoms with Gasteiger partial charge in [0.15, 0.2) is 0 Å². The van der Waals surface area contributed by atoms with Crippen molar-refractivity contribution in [3.63, 3.8) is 0 Å². The smallest absolute Gasteiger partial charge is 0.0693 e. The third kappa shape index (κ3) is 4.52. The van der Waals surface area contributed by atoms with Crippen molar-refractivity contribution in [1.82, 2.24) is 5.32 Å². The van der Waals surface area contributed by atoms with Crippen LogP contribution in [0.5, 0.6) is 0 Å². The summed E-state index contributed by atoms with van der Waals surface area (Å²) in [7, 11) is 3.65. The standard InChI is InChI=1S/C15H31NO2/c1-5-10-16-14(13(2)7-11-17-3)12-15(18-4)8-6-9-15/h13-14,16H,5-12H2,1-4H3. The zero-order valence-electron chi connectivity index (χ0n) is 12.6.